The minimum absolute atomic E-state index is 0.0118. The number of hydrogen-bond acceptors (Lipinski definition) is 7. The molecule has 8 heteroatoms. The smallest absolute Gasteiger partial charge is 0.295 e. The number of carbonyl (C=O) groups is 2. The number of carbonyl (C=O) groups excluding carboxylic acids is 2. The second kappa shape index (κ2) is 8.40. The molecule has 1 aliphatic rings. The number of aliphatic hydroxyl groups is 1. The molecule has 3 heterocycles. The second-order valence-corrected chi connectivity index (χ2v) is 7.79. The zero-order chi connectivity index (χ0) is 23.8. The molecule has 1 amide bonds. The van der Waals surface area contributed by atoms with Crippen LogP contribution in [0.5, 0.6) is 5.75 Å². The molecule has 5 rings (SSSR count). The number of aryl methyl sites for hydroxylation is 1. The van der Waals surface area contributed by atoms with Crippen molar-refractivity contribution in [3.05, 3.63) is 102 Å². The van der Waals surface area contributed by atoms with Crippen molar-refractivity contribution in [3.63, 3.8) is 0 Å². The van der Waals surface area contributed by atoms with E-state index in [-0.39, 0.29) is 23.8 Å². The van der Waals surface area contributed by atoms with Gasteiger partial charge in [-0.1, -0.05) is 48.1 Å². The van der Waals surface area contributed by atoms with Gasteiger partial charge in [-0.25, -0.2) is 0 Å². The first-order valence-corrected chi connectivity index (χ1v) is 10.5. The summed E-state index contributed by atoms with van der Waals surface area (Å²) in [5.41, 5.74) is 0.945. The van der Waals surface area contributed by atoms with Crippen molar-refractivity contribution in [2.75, 3.05) is 11.5 Å². The molecule has 0 aliphatic carbocycles. The number of aromatic nitrogens is 1. The van der Waals surface area contributed by atoms with E-state index < -0.39 is 23.5 Å². The largest absolute Gasteiger partial charge is 0.503 e. The Hall–Kier alpha value is -4.59. The quantitative estimate of drug-likeness (QED) is 0.305. The fraction of sp³-hybridized carbons (Fsp3) is 0.115. The Balaban J connectivity index is 1.64. The summed E-state index contributed by atoms with van der Waals surface area (Å²) >= 11 is 0. The Morgan fingerprint density at radius 3 is 2.76 bits per heavy atom. The van der Waals surface area contributed by atoms with Gasteiger partial charge in [0.1, 0.15) is 23.7 Å². The zero-order valence-electron chi connectivity index (χ0n) is 18.2. The van der Waals surface area contributed by atoms with Gasteiger partial charge in [-0.15, -0.1) is 0 Å². The SMILES string of the molecule is C=CCOc1cccc([C@H]2C(C(=O)c3cc4ccccc4o3)=C(O)C(=O)N2c2cc(C)on2)c1. The topological polar surface area (TPSA) is 106 Å². The van der Waals surface area contributed by atoms with Gasteiger partial charge < -0.3 is 18.8 Å². The summed E-state index contributed by atoms with van der Waals surface area (Å²) in [5.74, 6) is -0.873. The summed E-state index contributed by atoms with van der Waals surface area (Å²) in [4.78, 5) is 28.0. The Labute approximate surface area is 194 Å². The van der Waals surface area contributed by atoms with Gasteiger partial charge in [0.15, 0.2) is 17.3 Å². The number of ketones is 1. The summed E-state index contributed by atoms with van der Waals surface area (Å²) in [7, 11) is 0. The third kappa shape index (κ3) is 3.55. The van der Waals surface area contributed by atoms with Gasteiger partial charge in [0.05, 0.1) is 11.6 Å². The normalized spacial score (nSPS) is 15.9. The van der Waals surface area contributed by atoms with Crippen LogP contribution in [0.15, 0.2) is 93.6 Å². The van der Waals surface area contributed by atoms with E-state index in [1.807, 2.05) is 12.1 Å². The molecule has 1 atom stereocenters. The number of nitrogens with zero attached hydrogens (tertiary/aromatic N) is 2. The zero-order valence-corrected chi connectivity index (χ0v) is 18.2. The van der Waals surface area contributed by atoms with E-state index in [0.717, 1.165) is 5.39 Å². The highest BCUT2D eigenvalue weighted by molar-refractivity contribution is 6.20. The first-order chi connectivity index (χ1) is 16.5. The maximum Gasteiger partial charge on any atom is 0.295 e. The van der Waals surface area contributed by atoms with E-state index in [1.165, 1.54) is 4.90 Å². The maximum absolute atomic E-state index is 13.6. The molecule has 34 heavy (non-hydrogen) atoms. The fourth-order valence-corrected chi connectivity index (χ4v) is 4.01. The minimum atomic E-state index is -0.981. The molecule has 0 spiro atoms. The molecule has 1 N–H and O–H groups in total. The first-order valence-electron chi connectivity index (χ1n) is 10.5. The third-order valence-corrected chi connectivity index (χ3v) is 5.51. The molecule has 0 saturated heterocycles. The van der Waals surface area contributed by atoms with Crippen LogP contribution in [0.2, 0.25) is 0 Å². The second-order valence-electron chi connectivity index (χ2n) is 7.79. The number of Topliss-reactive ketones (excluding diaryl/α,β-unsaturated/α-hetero) is 1. The average Bonchev–Trinajstić information content (AvgIpc) is 3.54. The van der Waals surface area contributed by atoms with Gasteiger partial charge in [0.25, 0.3) is 5.91 Å². The average molecular weight is 456 g/mol. The lowest BCUT2D eigenvalue weighted by Gasteiger charge is -2.24. The lowest BCUT2D eigenvalue weighted by molar-refractivity contribution is -0.117. The van der Waals surface area contributed by atoms with Crippen LogP contribution in [0.4, 0.5) is 5.82 Å². The Morgan fingerprint density at radius 1 is 1.21 bits per heavy atom. The molecule has 0 bridgehead atoms. The Kier molecular flexibility index (Phi) is 5.25. The molecule has 170 valence electrons. The van der Waals surface area contributed by atoms with E-state index in [4.69, 9.17) is 13.7 Å². The van der Waals surface area contributed by atoms with Gasteiger partial charge in [0.2, 0.25) is 5.78 Å². The molecule has 0 saturated carbocycles. The summed E-state index contributed by atoms with van der Waals surface area (Å²) in [6.45, 7) is 5.61. The van der Waals surface area contributed by atoms with E-state index in [1.54, 1.807) is 61.5 Å². The summed E-state index contributed by atoms with van der Waals surface area (Å²) in [6, 6.07) is 16.3. The predicted octanol–water partition coefficient (Wildman–Crippen LogP) is 5.08. The van der Waals surface area contributed by atoms with Gasteiger partial charge in [0, 0.05) is 11.5 Å². The molecule has 4 aromatic rings. The molecule has 2 aromatic heterocycles. The van der Waals surface area contributed by atoms with Crippen LogP contribution in [0, 0.1) is 6.92 Å². The van der Waals surface area contributed by atoms with E-state index >= 15 is 0 Å². The van der Waals surface area contributed by atoms with Crippen molar-refractivity contribution in [1.29, 1.82) is 0 Å². The van der Waals surface area contributed by atoms with Crippen LogP contribution >= 0.6 is 0 Å². The van der Waals surface area contributed by atoms with E-state index in [2.05, 4.69) is 11.7 Å². The van der Waals surface area contributed by atoms with Gasteiger partial charge >= 0.3 is 0 Å². The lowest BCUT2D eigenvalue weighted by Crippen LogP contribution is -2.31. The van der Waals surface area contributed by atoms with Crippen LogP contribution in [-0.4, -0.2) is 28.6 Å². The molecule has 1 aliphatic heterocycles. The van der Waals surface area contributed by atoms with E-state index in [0.29, 0.717) is 22.7 Å². The molecule has 0 unspecified atom stereocenters. The number of ether oxygens (including phenoxy) is 1. The summed E-state index contributed by atoms with van der Waals surface area (Å²) < 4.78 is 16.5. The number of amides is 1. The highest BCUT2D eigenvalue weighted by atomic mass is 16.5. The van der Waals surface area contributed by atoms with Crippen LogP contribution in [0.1, 0.15) is 27.9 Å². The molecular formula is C26H20N2O6. The van der Waals surface area contributed by atoms with Gasteiger partial charge in [-0.05, 0) is 36.8 Å². The fourth-order valence-electron chi connectivity index (χ4n) is 4.01. The van der Waals surface area contributed by atoms with Crippen molar-refractivity contribution in [2.24, 2.45) is 0 Å². The predicted molar refractivity (Wildman–Crippen MR) is 124 cm³/mol. The number of fused-ring (bicyclic) bond motifs is 1. The molecule has 2 aromatic carbocycles. The Bertz CT molecular complexity index is 1430. The molecule has 0 radical (unpaired) electrons. The van der Waals surface area contributed by atoms with Crippen molar-refractivity contribution < 1.29 is 28.4 Å². The number of benzene rings is 2. The molecular weight excluding hydrogens is 436 g/mol. The van der Waals surface area contributed by atoms with E-state index in [9.17, 15) is 14.7 Å². The minimum Gasteiger partial charge on any atom is -0.503 e. The number of aliphatic hydroxyl groups excluding tert-OH is 1. The highest BCUT2D eigenvalue weighted by Gasteiger charge is 2.46. The summed E-state index contributed by atoms with van der Waals surface area (Å²) in [6.07, 6.45) is 1.61. The first kappa shape index (κ1) is 21.3. The van der Waals surface area contributed by atoms with Gasteiger partial charge in [-0.3, -0.25) is 14.5 Å². The maximum atomic E-state index is 13.6. The summed E-state index contributed by atoms with van der Waals surface area (Å²) in [5, 5.41) is 15.5. The van der Waals surface area contributed by atoms with Crippen molar-refractivity contribution >= 4 is 28.5 Å². The molecule has 0 fully saturated rings. The van der Waals surface area contributed by atoms with Crippen LogP contribution in [0.3, 0.4) is 0 Å². The molecule has 8 nitrogen and oxygen atoms in total. The van der Waals surface area contributed by atoms with Crippen LogP contribution in [0.25, 0.3) is 11.0 Å². The monoisotopic (exact) mass is 456 g/mol. The number of furan rings is 1. The highest BCUT2D eigenvalue weighted by Crippen LogP contribution is 2.42. The number of anilines is 1. The number of hydrogen-bond donors (Lipinski definition) is 1. The van der Waals surface area contributed by atoms with Crippen LogP contribution < -0.4 is 9.64 Å². The van der Waals surface area contributed by atoms with Crippen LogP contribution in [-0.2, 0) is 4.79 Å². The number of rotatable bonds is 7. The van der Waals surface area contributed by atoms with Crippen molar-refractivity contribution in [3.8, 4) is 5.75 Å². The Morgan fingerprint density at radius 2 is 2.03 bits per heavy atom. The van der Waals surface area contributed by atoms with Gasteiger partial charge in [-0.2, -0.15) is 0 Å². The third-order valence-electron chi connectivity index (χ3n) is 5.51. The van der Waals surface area contributed by atoms with Crippen molar-refractivity contribution in [2.45, 2.75) is 13.0 Å². The van der Waals surface area contributed by atoms with Crippen molar-refractivity contribution in [1.82, 2.24) is 5.16 Å². The number of para-hydroxylation sites is 1. The lowest BCUT2D eigenvalue weighted by atomic mass is 9.95. The standard InChI is InChI=1S/C26H20N2O6/c1-3-11-32-18-9-6-8-17(13-18)23-22(24(29)20-14-16-7-4-5-10-19(16)33-20)25(30)26(31)28(23)21-12-15(2)34-27-21/h3-10,12-14,23,30H,1,11H2,2H3/t23-/m0/s1.